The Labute approximate surface area is 231 Å². The number of hydrogen-bond acceptors (Lipinski definition) is 6. The van der Waals surface area contributed by atoms with E-state index in [-0.39, 0.29) is 24.0 Å². The van der Waals surface area contributed by atoms with Crippen LogP contribution in [-0.2, 0) is 19.1 Å². The molecule has 0 unspecified atom stereocenters. The van der Waals surface area contributed by atoms with E-state index in [0.717, 1.165) is 38.5 Å². The normalized spacial score (nSPS) is 11.5. The molecule has 0 bridgehead atoms. The molecule has 0 rings (SSSR count). The Balaban J connectivity index is 3.82. The van der Waals surface area contributed by atoms with Gasteiger partial charge in [0.05, 0.1) is 13.2 Å². The molecule has 0 saturated heterocycles. The molecule has 10 heteroatoms. The highest BCUT2D eigenvalue weighted by Gasteiger charge is 2.26. The average molecular weight is 543 g/mol. The van der Waals surface area contributed by atoms with Crippen LogP contribution in [0.4, 0.5) is 9.59 Å². The van der Waals surface area contributed by atoms with Crippen LogP contribution in [0.25, 0.3) is 0 Å². The lowest BCUT2D eigenvalue weighted by Gasteiger charge is -2.27. The van der Waals surface area contributed by atoms with E-state index < -0.39 is 10.8 Å². The SMILES string of the molecule is CN(CCN(C)C(=O)C(C)(C)C)C(=O)OCCCCCCCCOC(=O)N(C)CCN(C)C(=O)C(C)(C)C. The minimum atomic E-state index is -0.443. The number of rotatable bonds is 15. The molecule has 0 fully saturated rings. The molecule has 0 aromatic heterocycles. The standard InChI is InChI=1S/C28H54N4O6/c1-27(2,3)23(33)29(7)17-19-31(9)25(35)37-21-15-13-11-12-14-16-22-38-26(36)32(10)20-18-30(8)24(34)28(4,5)6/h11-22H2,1-10H3. The second kappa shape index (κ2) is 17.1. The van der Waals surface area contributed by atoms with Crippen molar-refractivity contribution in [2.45, 2.75) is 80.1 Å². The van der Waals surface area contributed by atoms with Crippen molar-refractivity contribution in [3.63, 3.8) is 0 Å². The van der Waals surface area contributed by atoms with Crippen molar-refractivity contribution in [2.75, 3.05) is 67.6 Å². The molecule has 0 aliphatic heterocycles. The molecule has 0 aliphatic rings. The maximum absolute atomic E-state index is 12.2. The first-order chi connectivity index (χ1) is 17.5. The van der Waals surface area contributed by atoms with Crippen molar-refractivity contribution < 1.29 is 28.7 Å². The third kappa shape index (κ3) is 15.0. The van der Waals surface area contributed by atoms with Gasteiger partial charge in [-0.1, -0.05) is 67.2 Å². The van der Waals surface area contributed by atoms with Gasteiger partial charge in [-0.05, 0) is 12.8 Å². The summed E-state index contributed by atoms with van der Waals surface area (Å²) in [6.07, 6.45) is 4.82. The maximum Gasteiger partial charge on any atom is 0.409 e. The molecular weight excluding hydrogens is 488 g/mol. The number of nitrogens with zero attached hydrogens (tertiary/aromatic N) is 4. The van der Waals surface area contributed by atoms with E-state index in [1.54, 1.807) is 38.0 Å². The van der Waals surface area contributed by atoms with Gasteiger partial charge in [-0.2, -0.15) is 0 Å². The highest BCUT2D eigenvalue weighted by molar-refractivity contribution is 5.81. The van der Waals surface area contributed by atoms with Crippen molar-refractivity contribution in [1.29, 1.82) is 0 Å². The zero-order chi connectivity index (χ0) is 29.5. The molecule has 0 heterocycles. The first-order valence-electron chi connectivity index (χ1n) is 13.8. The highest BCUT2D eigenvalue weighted by Crippen LogP contribution is 2.17. The first kappa shape index (κ1) is 35.5. The fraction of sp³-hybridized carbons (Fsp3) is 0.857. The Kier molecular flexibility index (Phi) is 16.0. The van der Waals surface area contributed by atoms with Crippen molar-refractivity contribution >= 4 is 24.0 Å². The molecule has 222 valence electrons. The van der Waals surface area contributed by atoms with Crippen LogP contribution in [0.15, 0.2) is 0 Å². The van der Waals surface area contributed by atoms with Crippen molar-refractivity contribution in [3.05, 3.63) is 0 Å². The Morgan fingerprint density at radius 2 is 0.737 bits per heavy atom. The lowest BCUT2D eigenvalue weighted by Crippen LogP contribution is -2.42. The zero-order valence-corrected chi connectivity index (χ0v) is 25.7. The van der Waals surface area contributed by atoms with Crippen molar-refractivity contribution in [1.82, 2.24) is 19.6 Å². The quantitative estimate of drug-likeness (QED) is 0.283. The van der Waals surface area contributed by atoms with E-state index in [0.29, 0.717) is 39.4 Å². The molecule has 0 N–H and O–H groups in total. The van der Waals surface area contributed by atoms with Gasteiger partial charge < -0.3 is 29.1 Å². The predicted octanol–water partition coefficient (Wildman–Crippen LogP) is 4.47. The molecule has 0 radical (unpaired) electrons. The molecule has 10 nitrogen and oxygen atoms in total. The molecule has 38 heavy (non-hydrogen) atoms. The molecule has 0 aromatic rings. The van der Waals surface area contributed by atoms with Crippen molar-refractivity contribution in [2.24, 2.45) is 10.8 Å². The molecule has 0 saturated carbocycles. The van der Waals surface area contributed by atoms with Crippen LogP contribution < -0.4 is 0 Å². The Morgan fingerprint density at radius 1 is 0.474 bits per heavy atom. The third-order valence-electron chi connectivity index (χ3n) is 6.13. The zero-order valence-electron chi connectivity index (χ0n) is 25.7. The van der Waals surface area contributed by atoms with Crippen LogP contribution >= 0.6 is 0 Å². The number of carbonyl (C=O) groups excluding carboxylic acids is 4. The monoisotopic (exact) mass is 542 g/mol. The highest BCUT2D eigenvalue weighted by atomic mass is 16.6. The molecule has 4 amide bonds. The summed E-state index contributed by atoms with van der Waals surface area (Å²) in [6.45, 7) is 13.8. The number of hydrogen-bond donors (Lipinski definition) is 0. The van der Waals surface area contributed by atoms with Crippen LogP contribution in [0.3, 0.4) is 0 Å². The lowest BCUT2D eigenvalue weighted by atomic mass is 9.95. The van der Waals surface area contributed by atoms with E-state index >= 15 is 0 Å². The summed E-state index contributed by atoms with van der Waals surface area (Å²) in [5.74, 6) is 0.0807. The largest absolute Gasteiger partial charge is 0.449 e. The van der Waals surface area contributed by atoms with Gasteiger partial charge in [0.15, 0.2) is 0 Å². The van der Waals surface area contributed by atoms with Gasteiger partial charge in [0.1, 0.15) is 0 Å². The second-order valence-corrected chi connectivity index (χ2v) is 12.1. The summed E-state index contributed by atoms with van der Waals surface area (Å²) < 4.78 is 10.6. The summed E-state index contributed by atoms with van der Waals surface area (Å²) in [4.78, 5) is 54.9. The smallest absolute Gasteiger partial charge is 0.409 e. The van der Waals surface area contributed by atoms with E-state index in [1.807, 2.05) is 41.5 Å². The number of carbonyl (C=O) groups is 4. The summed E-state index contributed by atoms with van der Waals surface area (Å²) in [5, 5.41) is 0. The molecular formula is C28H54N4O6. The number of unbranched alkanes of at least 4 members (excludes halogenated alkanes) is 5. The lowest BCUT2D eigenvalue weighted by molar-refractivity contribution is -0.138. The topological polar surface area (TPSA) is 99.7 Å². The third-order valence-corrected chi connectivity index (χ3v) is 6.13. The molecule has 0 aromatic carbocycles. The van der Waals surface area contributed by atoms with Crippen LogP contribution in [0.5, 0.6) is 0 Å². The Bertz CT molecular complexity index is 683. The van der Waals surface area contributed by atoms with Gasteiger partial charge in [0.25, 0.3) is 0 Å². The summed E-state index contributed by atoms with van der Waals surface area (Å²) in [5.41, 5.74) is -0.885. The van der Waals surface area contributed by atoms with Crippen molar-refractivity contribution in [3.8, 4) is 0 Å². The minimum Gasteiger partial charge on any atom is -0.449 e. The Morgan fingerprint density at radius 3 is 1.03 bits per heavy atom. The molecule has 0 atom stereocenters. The van der Waals surface area contributed by atoms with E-state index in [2.05, 4.69) is 0 Å². The fourth-order valence-electron chi connectivity index (χ4n) is 3.58. The summed E-state index contributed by atoms with van der Waals surface area (Å²) in [6, 6.07) is 0. The van der Waals surface area contributed by atoms with Gasteiger partial charge in [-0.25, -0.2) is 9.59 Å². The second-order valence-electron chi connectivity index (χ2n) is 12.1. The Hall–Kier alpha value is -2.52. The van der Waals surface area contributed by atoms with Gasteiger partial charge in [-0.15, -0.1) is 0 Å². The predicted molar refractivity (Wildman–Crippen MR) is 150 cm³/mol. The van der Waals surface area contributed by atoms with Gasteiger partial charge in [0.2, 0.25) is 11.8 Å². The minimum absolute atomic E-state index is 0.0404. The van der Waals surface area contributed by atoms with E-state index in [1.165, 1.54) is 9.80 Å². The van der Waals surface area contributed by atoms with Gasteiger partial charge in [0, 0.05) is 65.2 Å². The number of amides is 4. The van der Waals surface area contributed by atoms with Gasteiger partial charge >= 0.3 is 12.2 Å². The van der Waals surface area contributed by atoms with Crippen LogP contribution in [0.1, 0.15) is 80.1 Å². The van der Waals surface area contributed by atoms with Gasteiger partial charge in [-0.3, -0.25) is 9.59 Å². The number of ether oxygens (including phenoxy) is 2. The van der Waals surface area contributed by atoms with Crippen LogP contribution in [0, 0.1) is 10.8 Å². The maximum atomic E-state index is 12.2. The summed E-state index contributed by atoms with van der Waals surface area (Å²) in [7, 11) is 6.84. The number of likely N-dealkylation sites (N-methyl/N-ethyl adjacent to an activating group) is 4. The van der Waals surface area contributed by atoms with Crippen LogP contribution in [-0.4, -0.2) is 111 Å². The summed E-state index contributed by atoms with van der Waals surface area (Å²) >= 11 is 0. The molecule has 0 spiro atoms. The molecule has 0 aliphatic carbocycles. The van der Waals surface area contributed by atoms with E-state index in [9.17, 15) is 19.2 Å². The van der Waals surface area contributed by atoms with Crippen LogP contribution in [0.2, 0.25) is 0 Å². The van der Waals surface area contributed by atoms with E-state index in [4.69, 9.17) is 9.47 Å². The average Bonchev–Trinajstić information content (AvgIpc) is 2.83. The first-order valence-corrected chi connectivity index (χ1v) is 13.8. The fourth-order valence-corrected chi connectivity index (χ4v) is 3.58.